The SMILES string of the molecule is CNC(CCN(C)Cc1ccoc1)c1ccc(C)c(F)c1. The van der Waals surface area contributed by atoms with E-state index < -0.39 is 0 Å². The molecule has 114 valence electrons. The van der Waals surface area contributed by atoms with Crippen LogP contribution >= 0.6 is 0 Å². The molecule has 2 rings (SSSR count). The molecule has 1 aromatic carbocycles. The Kier molecular flexibility index (Phi) is 5.53. The Hall–Kier alpha value is -1.65. The summed E-state index contributed by atoms with van der Waals surface area (Å²) in [5.74, 6) is -0.139. The lowest BCUT2D eigenvalue weighted by atomic mass is 10.0. The number of benzene rings is 1. The van der Waals surface area contributed by atoms with E-state index >= 15 is 0 Å². The highest BCUT2D eigenvalue weighted by Crippen LogP contribution is 2.20. The molecule has 0 aliphatic carbocycles. The number of hydrogen-bond acceptors (Lipinski definition) is 3. The van der Waals surface area contributed by atoms with Crippen LogP contribution in [0.5, 0.6) is 0 Å². The number of furan rings is 1. The molecule has 0 bridgehead atoms. The zero-order chi connectivity index (χ0) is 15.2. The molecule has 0 aliphatic heterocycles. The van der Waals surface area contributed by atoms with Crippen LogP contribution in [0.2, 0.25) is 0 Å². The molecule has 21 heavy (non-hydrogen) atoms. The number of nitrogens with zero attached hydrogens (tertiary/aromatic N) is 1. The molecule has 0 saturated carbocycles. The Labute approximate surface area is 125 Å². The molecular formula is C17H23FN2O. The minimum atomic E-state index is -0.139. The second-order valence-electron chi connectivity index (χ2n) is 5.51. The number of aryl methyl sites for hydroxylation is 1. The molecule has 2 aromatic rings. The van der Waals surface area contributed by atoms with Crippen LogP contribution in [0.4, 0.5) is 4.39 Å². The first-order valence-corrected chi connectivity index (χ1v) is 7.23. The Bertz CT molecular complexity index is 554. The van der Waals surface area contributed by atoms with Crippen LogP contribution < -0.4 is 5.32 Å². The van der Waals surface area contributed by atoms with Gasteiger partial charge in [0.2, 0.25) is 0 Å². The average Bonchev–Trinajstić information content (AvgIpc) is 2.96. The van der Waals surface area contributed by atoms with E-state index in [1.54, 1.807) is 25.5 Å². The zero-order valence-electron chi connectivity index (χ0n) is 12.9. The van der Waals surface area contributed by atoms with Crippen LogP contribution in [0.15, 0.2) is 41.2 Å². The van der Waals surface area contributed by atoms with Crippen LogP contribution in [-0.2, 0) is 6.54 Å². The van der Waals surface area contributed by atoms with E-state index in [0.29, 0.717) is 5.56 Å². The van der Waals surface area contributed by atoms with Gasteiger partial charge in [-0.1, -0.05) is 12.1 Å². The Morgan fingerprint density at radius 3 is 2.76 bits per heavy atom. The number of hydrogen-bond donors (Lipinski definition) is 1. The maximum absolute atomic E-state index is 13.7. The smallest absolute Gasteiger partial charge is 0.126 e. The summed E-state index contributed by atoms with van der Waals surface area (Å²) in [6, 6.07) is 7.60. The summed E-state index contributed by atoms with van der Waals surface area (Å²) in [5.41, 5.74) is 2.85. The lowest BCUT2D eigenvalue weighted by molar-refractivity contribution is 0.303. The fourth-order valence-corrected chi connectivity index (χ4v) is 2.43. The first-order valence-electron chi connectivity index (χ1n) is 7.23. The van der Waals surface area contributed by atoms with Crippen molar-refractivity contribution in [1.29, 1.82) is 0 Å². The molecule has 0 aliphatic rings. The number of rotatable bonds is 7. The van der Waals surface area contributed by atoms with E-state index in [-0.39, 0.29) is 11.9 Å². The van der Waals surface area contributed by atoms with Gasteiger partial charge >= 0.3 is 0 Å². The molecule has 0 radical (unpaired) electrons. The molecule has 1 atom stereocenters. The zero-order valence-corrected chi connectivity index (χ0v) is 12.9. The maximum atomic E-state index is 13.7. The van der Waals surface area contributed by atoms with E-state index in [4.69, 9.17) is 4.42 Å². The van der Waals surface area contributed by atoms with E-state index in [0.717, 1.165) is 25.1 Å². The minimum Gasteiger partial charge on any atom is -0.472 e. The molecule has 4 heteroatoms. The van der Waals surface area contributed by atoms with Crippen molar-refractivity contribution in [3.05, 3.63) is 59.3 Å². The summed E-state index contributed by atoms with van der Waals surface area (Å²) < 4.78 is 18.8. The lowest BCUT2D eigenvalue weighted by Gasteiger charge is -2.21. The maximum Gasteiger partial charge on any atom is 0.126 e. The summed E-state index contributed by atoms with van der Waals surface area (Å²) >= 11 is 0. The highest BCUT2D eigenvalue weighted by molar-refractivity contribution is 5.25. The van der Waals surface area contributed by atoms with Gasteiger partial charge in [0.25, 0.3) is 0 Å². The predicted octanol–water partition coefficient (Wildman–Crippen LogP) is 3.51. The quantitative estimate of drug-likeness (QED) is 0.846. The second-order valence-corrected chi connectivity index (χ2v) is 5.51. The Morgan fingerprint density at radius 1 is 1.33 bits per heavy atom. The van der Waals surface area contributed by atoms with E-state index in [2.05, 4.69) is 17.3 Å². The summed E-state index contributed by atoms with van der Waals surface area (Å²) in [4.78, 5) is 2.24. The standard InChI is InChI=1S/C17H23FN2O/c1-13-4-5-15(10-16(13)18)17(19-2)6-8-20(3)11-14-7-9-21-12-14/h4-5,7,9-10,12,17,19H,6,8,11H2,1-3H3. The number of nitrogens with one attached hydrogen (secondary N) is 1. The molecule has 1 aromatic heterocycles. The van der Waals surface area contributed by atoms with Crippen LogP contribution in [0.25, 0.3) is 0 Å². The van der Waals surface area contributed by atoms with Crippen molar-refractivity contribution in [2.24, 2.45) is 0 Å². The molecule has 0 fully saturated rings. The van der Waals surface area contributed by atoms with Crippen molar-refractivity contribution in [3.63, 3.8) is 0 Å². The fraction of sp³-hybridized carbons (Fsp3) is 0.412. The summed E-state index contributed by atoms with van der Waals surface area (Å²) in [6.07, 6.45) is 4.38. The van der Waals surface area contributed by atoms with Crippen molar-refractivity contribution in [3.8, 4) is 0 Å². The highest BCUT2D eigenvalue weighted by atomic mass is 19.1. The third-order valence-electron chi connectivity index (χ3n) is 3.78. The number of halogens is 1. The van der Waals surface area contributed by atoms with Gasteiger partial charge in [-0.05, 0) is 57.2 Å². The summed E-state index contributed by atoms with van der Waals surface area (Å²) in [5, 5.41) is 3.27. The predicted molar refractivity (Wildman–Crippen MR) is 82.6 cm³/mol. The van der Waals surface area contributed by atoms with Gasteiger partial charge < -0.3 is 14.6 Å². The van der Waals surface area contributed by atoms with Gasteiger partial charge in [-0.2, -0.15) is 0 Å². The molecule has 0 spiro atoms. The normalized spacial score (nSPS) is 12.8. The topological polar surface area (TPSA) is 28.4 Å². The summed E-state index contributed by atoms with van der Waals surface area (Å²) in [6.45, 7) is 3.56. The van der Waals surface area contributed by atoms with Gasteiger partial charge in [0.05, 0.1) is 12.5 Å². The van der Waals surface area contributed by atoms with Gasteiger partial charge in [0.1, 0.15) is 5.82 Å². The largest absolute Gasteiger partial charge is 0.472 e. The fourth-order valence-electron chi connectivity index (χ4n) is 2.43. The van der Waals surface area contributed by atoms with E-state index in [1.165, 1.54) is 5.56 Å². The van der Waals surface area contributed by atoms with Crippen molar-refractivity contribution >= 4 is 0 Å². The Balaban J connectivity index is 1.91. The van der Waals surface area contributed by atoms with Gasteiger partial charge in [-0.25, -0.2) is 4.39 Å². The lowest BCUT2D eigenvalue weighted by Crippen LogP contribution is -2.25. The molecule has 0 amide bonds. The van der Waals surface area contributed by atoms with Crippen molar-refractivity contribution in [2.45, 2.75) is 25.9 Å². The van der Waals surface area contributed by atoms with Crippen LogP contribution in [0.3, 0.4) is 0 Å². The second kappa shape index (κ2) is 7.38. The minimum absolute atomic E-state index is 0.139. The summed E-state index contributed by atoms with van der Waals surface area (Å²) in [7, 11) is 3.99. The monoisotopic (exact) mass is 290 g/mol. The van der Waals surface area contributed by atoms with Crippen molar-refractivity contribution < 1.29 is 8.81 Å². The molecular weight excluding hydrogens is 267 g/mol. The van der Waals surface area contributed by atoms with Gasteiger partial charge in [-0.3, -0.25) is 0 Å². The first-order chi connectivity index (χ1) is 10.1. The van der Waals surface area contributed by atoms with Crippen molar-refractivity contribution in [1.82, 2.24) is 10.2 Å². The molecule has 1 heterocycles. The molecule has 0 saturated heterocycles. The molecule has 3 nitrogen and oxygen atoms in total. The van der Waals surface area contributed by atoms with Gasteiger partial charge in [-0.15, -0.1) is 0 Å². The van der Waals surface area contributed by atoms with E-state index in [1.807, 2.05) is 25.2 Å². The van der Waals surface area contributed by atoms with Crippen LogP contribution in [0, 0.1) is 12.7 Å². The highest BCUT2D eigenvalue weighted by Gasteiger charge is 2.12. The Morgan fingerprint density at radius 2 is 2.14 bits per heavy atom. The van der Waals surface area contributed by atoms with Crippen molar-refractivity contribution in [2.75, 3.05) is 20.6 Å². The third-order valence-corrected chi connectivity index (χ3v) is 3.78. The van der Waals surface area contributed by atoms with Gasteiger partial charge in [0, 0.05) is 18.2 Å². The van der Waals surface area contributed by atoms with E-state index in [9.17, 15) is 4.39 Å². The molecule has 1 unspecified atom stereocenters. The first kappa shape index (κ1) is 15.7. The van der Waals surface area contributed by atoms with Crippen LogP contribution in [-0.4, -0.2) is 25.5 Å². The molecule has 1 N–H and O–H groups in total. The third kappa shape index (κ3) is 4.41. The average molecular weight is 290 g/mol. The van der Waals surface area contributed by atoms with Gasteiger partial charge in [0.15, 0.2) is 0 Å². The van der Waals surface area contributed by atoms with Crippen LogP contribution in [0.1, 0.15) is 29.2 Å².